The van der Waals surface area contributed by atoms with E-state index >= 15 is 0 Å². The van der Waals surface area contributed by atoms with E-state index in [1.165, 1.54) is 31.0 Å². The Morgan fingerprint density at radius 2 is 2.00 bits per heavy atom. The number of rotatable bonds is 7. The normalized spacial score (nSPS) is 17.8. The van der Waals surface area contributed by atoms with Crippen molar-refractivity contribution in [3.05, 3.63) is 62.3 Å². The van der Waals surface area contributed by atoms with Crippen LogP contribution in [-0.2, 0) is 14.3 Å². The summed E-state index contributed by atoms with van der Waals surface area (Å²) in [6, 6.07) is 5.41. The molecule has 0 aliphatic carbocycles. The number of thioether (sulfide) groups is 1. The Kier molecular flexibility index (Phi) is 6.79. The minimum absolute atomic E-state index is 0.0478. The van der Waals surface area contributed by atoms with Crippen LogP contribution in [-0.4, -0.2) is 40.5 Å². The van der Waals surface area contributed by atoms with Gasteiger partial charge in [-0.3, -0.25) is 14.9 Å². The molecular formula is C21H24N4O5S. The summed E-state index contributed by atoms with van der Waals surface area (Å²) in [4.78, 5) is 42.1. The van der Waals surface area contributed by atoms with Crippen molar-refractivity contribution in [2.24, 2.45) is 10.9 Å². The van der Waals surface area contributed by atoms with Gasteiger partial charge in [0, 0.05) is 24.4 Å². The van der Waals surface area contributed by atoms with Crippen LogP contribution < -0.4 is 5.32 Å². The first-order valence-corrected chi connectivity index (χ1v) is 10.6. The van der Waals surface area contributed by atoms with Gasteiger partial charge in [0.05, 0.1) is 35.8 Å². The van der Waals surface area contributed by atoms with Crippen LogP contribution in [0.1, 0.15) is 38.8 Å². The number of benzene rings is 1. The Bertz CT molecular complexity index is 998. The second-order valence-electron chi connectivity index (χ2n) is 7.61. The van der Waals surface area contributed by atoms with Crippen LogP contribution in [0.2, 0.25) is 0 Å². The van der Waals surface area contributed by atoms with E-state index in [0.717, 1.165) is 0 Å². The standard InChI is InChI=1S/C21H24N4O5S/c1-12(2)10-22-17(26)9-16-11-31-21-23-13(3)18(20(27)30-4)19(24(16)21)14-5-7-15(8-6-14)25(28)29/h5-8,11-12,19H,9-10H2,1-4H3,(H,22,26). The monoisotopic (exact) mass is 444 g/mol. The van der Waals surface area contributed by atoms with E-state index in [-0.39, 0.29) is 18.0 Å². The average Bonchev–Trinajstić information content (AvgIpc) is 3.12. The molecule has 0 spiro atoms. The number of nitrogens with one attached hydrogen (secondary N) is 1. The number of methoxy groups -OCH3 is 1. The van der Waals surface area contributed by atoms with Crippen molar-refractivity contribution in [1.82, 2.24) is 10.2 Å². The minimum Gasteiger partial charge on any atom is -0.466 e. The number of allylic oxidation sites excluding steroid dienone is 1. The van der Waals surface area contributed by atoms with Gasteiger partial charge in [-0.2, -0.15) is 0 Å². The number of hydrogen-bond donors (Lipinski definition) is 1. The van der Waals surface area contributed by atoms with Gasteiger partial charge in [-0.1, -0.05) is 25.6 Å². The van der Waals surface area contributed by atoms with Crippen molar-refractivity contribution < 1.29 is 19.2 Å². The van der Waals surface area contributed by atoms with E-state index in [9.17, 15) is 19.7 Å². The fourth-order valence-corrected chi connectivity index (χ4v) is 4.34. The van der Waals surface area contributed by atoms with Crippen LogP contribution in [0.4, 0.5) is 5.69 Å². The topological polar surface area (TPSA) is 114 Å². The molecule has 164 valence electrons. The van der Waals surface area contributed by atoms with Crippen molar-refractivity contribution in [3.63, 3.8) is 0 Å². The fraction of sp³-hybridized carbons (Fsp3) is 0.381. The molecule has 2 aliphatic rings. The Morgan fingerprint density at radius 3 is 2.58 bits per heavy atom. The number of carbonyl (C=O) groups excluding carboxylic acids is 2. The van der Waals surface area contributed by atoms with Gasteiger partial charge in [-0.05, 0) is 35.9 Å². The molecule has 2 aliphatic heterocycles. The largest absolute Gasteiger partial charge is 0.466 e. The average molecular weight is 445 g/mol. The first-order chi connectivity index (χ1) is 14.7. The molecule has 0 bridgehead atoms. The zero-order chi connectivity index (χ0) is 22.7. The molecule has 9 nitrogen and oxygen atoms in total. The number of esters is 1. The molecule has 1 aromatic carbocycles. The van der Waals surface area contributed by atoms with Gasteiger partial charge in [-0.25, -0.2) is 9.79 Å². The van der Waals surface area contributed by atoms with Crippen LogP contribution >= 0.6 is 11.8 Å². The van der Waals surface area contributed by atoms with E-state index in [1.54, 1.807) is 19.1 Å². The summed E-state index contributed by atoms with van der Waals surface area (Å²) in [7, 11) is 1.30. The number of ether oxygens (including phenoxy) is 1. The quantitative estimate of drug-likeness (QED) is 0.389. The molecule has 3 rings (SSSR count). The van der Waals surface area contributed by atoms with Gasteiger partial charge in [-0.15, -0.1) is 0 Å². The van der Waals surface area contributed by atoms with Crippen molar-refractivity contribution in [2.45, 2.75) is 33.2 Å². The van der Waals surface area contributed by atoms with Gasteiger partial charge < -0.3 is 15.0 Å². The molecule has 0 fully saturated rings. The number of fused-ring (bicyclic) bond motifs is 1. The lowest BCUT2D eigenvalue weighted by Gasteiger charge is -2.36. The molecule has 0 saturated heterocycles. The predicted molar refractivity (Wildman–Crippen MR) is 118 cm³/mol. The third-order valence-corrected chi connectivity index (χ3v) is 5.76. The van der Waals surface area contributed by atoms with Crippen molar-refractivity contribution in [1.29, 1.82) is 0 Å². The third-order valence-electron chi connectivity index (χ3n) is 4.87. The summed E-state index contributed by atoms with van der Waals surface area (Å²) in [5, 5.41) is 16.4. The number of nitro groups is 1. The molecule has 10 heteroatoms. The maximum absolute atomic E-state index is 12.6. The van der Waals surface area contributed by atoms with Gasteiger partial charge in [0.25, 0.3) is 5.69 Å². The number of amidine groups is 1. The zero-order valence-electron chi connectivity index (χ0n) is 17.7. The maximum Gasteiger partial charge on any atom is 0.338 e. The number of aliphatic imine (C=N–C) groups is 1. The van der Waals surface area contributed by atoms with Crippen LogP contribution in [0.3, 0.4) is 0 Å². The maximum atomic E-state index is 12.6. The number of nitrogens with zero attached hydrogens (tertiary/aromatic N) is 3. The Balaban J connectivity index is 1.99. The smallest absolute Gasteiger partial charge is 0.338 e. The molecule has 1 aromatic rings. The summed E-state index contributed by atoms with van der Waals surface area (Å²) >= 11 is 1.37. The summed E-state index contributed by atoms with van der Waals surface area (Å²) < 4.78 is 5.00. The van der Waals surface area contributed by atoms with Crippen molar-refractivity contribution in [3.8, 4) is 0 Å². The summed E-state index contributed by atoms with van der Waals surface area (Å²) in [6.07, 6.45) is 0.121. The summed E-state index contributed by atoms with van der Waals surface area (Å²) in [6.45, 7) is 6.32. The molecule has 1 amide bonds. The number of carbonyl (C=O) groups is 2. The van der Waals surface area contributed by atoms with Crippen molar-refractivity contribution in [2.75, 3.05) is 13.7 Å². The Morgan fingerprint density at radius 1 is 1.32 bits per heavy atom. The van der Waals surface area contributed by atoms with Crippen LogP contribution in [0, 0.1) is 16.0 Å². The fourth-order valence-electron chi connectivity index (χ4n) is 3.38. The molecule has 0 saturated carbocycles. The first kappa shape index (κ1) is 22.5. The molecule has 1 atom stereocenters. The summed E-state index contributed by atoms with van der Waals surface area (Å²) in [5.74, 6) is -0.341. The van der Waals surface area contributed by atoms with E-state index in [4.69, 9.17) is 4.74 Å². The lowest BCUT2D eigenvalue weighted by molar-refractivity contribution is -0.384. The van der Waals surface area contributed by atoms with E-state index in [1.807, 2.05) is 24.2 Å². The van der Waals surface area contributed by atoms with Crippen LogP contribution in [0.15, 0.2) is 51.6 Å². The van der Waals surface area contributed by atoms with E-state index < -0.39 is 16.9 Å². The number of amides is 1. The molecule has 1 N–H and O–H groups in total. The van der Waals surface area contributed by atoms with E-state index in [0.29, 0.717) is 40.2 Å². The molecule has 1 unspecified atom stereocenters. The second-order valence-corrected chi connectivity index (χ2v) is 8.44. The molecule has 0 radical (unpaired) electrons. The third kappa shape index (κ3) is 4.79. The van der Waals surface area contributed by atoms with Gasteiger partial charge in [0.1, 0.15) is 0 Å². The molecular weight excluding hydrogens is 420 g/mol. The lowest BCUT2D eigenvalue weighted by atomic mass is 9.93. The van der Waals surface area contributed by atoms with E-state index in [2.05, 4.69) is 10.3 Å². The van der Waals surface area contributed by atoms with Gasteiger partial charge >= 0.3 is 5.97 Å². The number of non-ortho nitro benzene ring substituents is 1. The first-order valence-electron chi connectivity index (χ1n) is 9.76. The number of nitro benzene ring substituents is 1. The highest BCUT2D eigenvalue weighted by atomic mass is 32.2. The SMILES string of the molecule is COC(=O)C1=C(C)N=C2SC=C(CC(=O)NCC(C)C)N2C1c1ccc([N+](=O)[O-])cc1. The Hall–Kier alpha value is -3.14. The lowest BCUT2D eigenvalue weighted by Crippen LogP contribution is -2.38. The highest BCUT2D eigenvalue weighted by Crippen LogP contribution is 2.44. The Labute approximate surface area is 184 Å². The summed E-state index contributed by atoms with van der Waals surface area (Å²) in [5.41, 5.74) is 2.15. The van der Waals surface area contributed by atoms with Crippen LogP contribution in [0.25, 0.3) is 0 Å². The predicted octanol–water partition coefficient (Wildman–Crippen LogP) is 3.51. The zero-order valence-corrected chi connectivity index (χ0v) is 18.6. The molecule has 0 aromatic heterocycles. The highest BCUT2D eigenvalue weighted by molar-refractivity contribution is 8.16. The minimum atomic E-state index is -0.611. The highest BCUT2D eigenvalue weighted by Gasteiger charge is 2.41. The van der Waals surface area contributed by atoms with Gasteiger partial charge in [0.2, 0.25) is 5.91 Å². The molecule has 31 heavy (non-hydrogen) atoms. The molecule has 2 heterocycles. The van der Waals surface area contributed by atoms with Gasteiger partial charge in [0.15, 0.2) is 5.17 Å². The van der Waals surface area contributed by atoms with Crippen LogP contribution in [0.5, 0.6) is 0 Å². The number of hydrogen-bond acceptors (Lipinski definition) is 8. The van der Waals surface area contributed by atoms with Crippen molar-refractivity contribution >= 4 is 34.5 Å². The second kappa shape index (κ2) is 9.34.